The number of carbonyl (C=O) groups is 3. The van der Waals surface area contributed by atoms with E-state index in [4.69, 9.17) is 23.4 Å². The first-order chi connectivity index (χ1) is 27.6. The summed E-state index contributed by atoms with van der Waals surface area (Å²) in [6, 6.07) is 2.32. The molecule has 17 atom stereocenters. The fourth-order valence-electron chi connectivity index (χ4n) is 15.1. The molecule has 0 bridgehead atoms. The van der Waals surface area contributed by atoms with Crippen LogP contribution in [-0.4, -0.2) is 106 Å². The molecule has 318 valence electrons. The first-order valence-electron chi connectivity index (χ1n) is 22.1. The minimum absolute atomic E-state index is 0.0112. The van der Waals surface area contributed by atoms with Gasteiger partial charge >= 0.3 is 11.9 Å². The molecule has 9 aliphatic rings. The second-order valence-electron chi connectivity index (χ2n) is 20.8. The van der Waals surface area contributed by atoms with E-state index in [1.807, 2.05) is 19.9 Å². The minimum atomic E-state index is -1.47. The van der Waals surface area contributed by atoms with Crippen LogP contribution in [0.4, 0.5) is 0 Å². The summed E-state index contributed by atoms with van der Waals surface area (Å²) in [5.41, 5.74) is -4.53. The number of epoxide rings is 1. The van der Waals surface area contributed by atoms with Crippen molar-refractivity contribution in [3.63, 3.8) is 0 Å². The van der Waals surface area contributed by atoms with Gasteiger partial charge in [0.2, 0.25) is 0 Å². The van der Waals surface area contributed by atoms with Gasteiger partial charge < -0.3 is 43.6 Å². The van der Waals surface area contributed by atoms with Crippen LogP contribution in [0.25, 0.3) is 0 Å². The van der Waals surface area contributed by atoms with Crippen molar-refractivity contribution >= 4 is 17.7 Å². The molecule has 13 heteroatoms. The van der Waals surface area contributed by atoms with Crippen molar-refractivity contribution in [2.75, 3.05) is 26.4 Å². The van der Waals surface area contributed by atoms with E-state index in [1.54, 1.807) is 6.26 Å². The van der Waals surface area contributed by atoms with E-state index in [1.165, 1.54) is 0 Å². The quantitative estimate of drug-likeness (QED) is 0.209. The number of hydrogen-bond donors (Lipinski definition) is 4. The summed E-state index contributed by atoms with van der Waals surface area (Å²) in [7, 11) is 0. The van der Waals surface area contributed by atoms with E-state index in [0.29, 0.717) is 60.8 Å². The van der Waals surface area contributed by atoms with Crippen molar-refractivity contribution in [2.24, 2.45) is 57.7 Å². The Morgan fingerprint density at radius 3 is 2.66 bits per heavy atom. The third kappa shape index (κ3) is 5.06. The molecule has 1 aromatic rings. The van der Waals surface area contributed by atoms with Gasteiger partial charge in [-0.1, -0.05) is 33.8 Å². The molecule has 0 amide bonds. The second kappa shape index (κ2) is 13.3. The summed E-state index contributed by atoms with van der Waals surface area (Å²) in [4.78, 5) is 44.5. The molecular formula is C45H62N2O11. The molecule has 10 rings (SSSR count). The van der Waals surface area contributed by atoms with E-state index < -0.39 is 69.9 Å². The van der Waals surface area contributed by atoms with Gasteiger partial charge in [-0.3, -0.25) is 14.9 Å². The molecule has 0 radical (unpaired) electrons. The lowest BCUT2D eigenvalue weighted by Crippen LogP contribution is -2.76. The summed E-state index contributed by atoms with van der Waals surface area (Å²) in [6.07, 6.45) is 7.07. The van der Waals surface area contributed by atoms with Gasteiger partial charge in [0.1, 0.15) is 30.2 Å². The van der Waals surface area contributed by atoms with Gasteiger partial charge in [-0.2, -0.15) is 0 Å². The Balaban J connectivity index is 0.987. The maximum Gasteiger partial charge on any atom is 0.339 e. The van der Waals surface area contributed by atoms with Crippen LogP contribution < -0.4 is 5.32 Å². The Hall–Kier alpha value is -2.81. The van der Waals surface area contributed by atoms with E-state index in [0.717, 1.165) is 38.9 Å². The Morgan fingerprint density at radius 1 is 1.07 bits per heavy atom. The van der Waals surface area contributed by atoms with Gasteiger partial charge in [-0.25, -0.2) is 4.79 Å². The van der Waals surface area contributed by atoms with E-state index in [9.17, 15) is 24.9 Å². The van der Waals surface area contributed by atoms with Crippen molar-refractivity contribution < 1.29 is 53.1 Å². The predicted molar refractivity (Wildman–Crippen MR) is 206 cm³/mol. The molecule has 7 heterocycles. The number of nitrogens with zero attached hydrogens (tertiary/aromatic N) is 1. The third-order valence-corrected chi connectivity index (χ3v) is 17.8. The van der Waals surface area contributed by atoms with Crippen molar-refractivity contribution in [2.45, 2.75) is 140 Å². The van der Waals surface area contributed by atoms with Crippen LogP contribution in [0.5, 0.6) is 0 Å². The number of ketones is 1. The highest BCUT2D eigenvalue weighted by Crippen LogP contribution is 2.80. The van der Waals surface area contributed by atoms with E-state index in [2.05, 4.69) is 43.3 Å². The van der Waals surface area contributed by atoms with Crippen molar-refractivity contribution in [3.8, 4) is 0 Å². The van der Waals surface area contributed by atoms with E-state index in [-0.39, 0.29) is 49.1 Å². The molecule has 4 N–H and O–H groups in total. The zero-order chi connectivity index (χ0) is 40.7. The lowest BCUT2D eigenvalue weighted by molar-refractivity contribution is -0.252. The van der Waals surface area contributed by atoms with E-state index >= 15 is 4.79 Å². The first kappa shape index (κ1) is 39.3. The number of aliphatic hydroxyl groups excluding tert-OH is 3. The van der Waals surface area contributed by atoms with Crippen LogP contribution >= 0.6 is 0 Å². The second-order valence-corrected chi connectivity index (χ2v) is 20.8. The number of cyclic esters (lactones) is 2. The van der Waals surface area contributed by atoms with Crippen LogP contribution in [0.3, 0.4) is 0 Å². The van der Waals surface area contributed by atoms with Gasteiger partial charge in [0.05, 0.1) is 49.7 Å². The summed E-state index contributed by atoms with van der Waals surface area (Å²) >= 11 is 0. The fourth-order valence-corrected chi connectivity index (χ4v) is 15.1. The highest BCUT2D eigenvalue weighted by Gasteiger charge is 2.91. The SMILES string of the molecule is CC(C)CCC1(C)OC2CC(=O)OCC23C1C(=O)C(O)C1(C)C3CCC2(C)C(c3ccoc3CC(C(O)CO)C3CCC4C(C=CN5CNCC45)C3)OC(=O)C3OC321. The number of Topliss-reactive ketones (excluding diaryl/α,β-unsaturated/α-hetero) is 1. The number of fused-ring (bicyclic) bond motifs is 4. The minimum Gasteiger partial charge on any atom is -0.469 e. The Morgan fingerprint density at radius 2 is 1.88 bits per heavy atom. The normalized spacial score (nSPS) is 48.4. The van der Waals surface area contributed by atoms with Gasteiger partial charge in [0.25, 0.3) is 0 Å². The van der Waals surface area contributed by atoms with Crippen LogP contribution in [-0.2, 0) is 39.8 Å². The number of esters is 2. The molecule has 13 nitrogen and oxygen atoms in total. The lowest BCUT2D eigenvalue weighted by Gasteiger charge is -2.66. The first-order valence-corrected chi connectivity index (χ1v) is 22.1. The third-order valence-electron chi connectivity index (χ3n) is 17.8. The number of aliphatic hydroxyl groups is 3. The molecular weight excluding hydrogens is 744 g/mol. The maximum atomic E-state index is 15.0. The lowest BCUT2D eigenvalue weighted by atomic mass is 9.36. The molecule has 3 aliphatic carbocycles. The number of nitrogens with one attached hydrogen (secondary N) is 1. The Kier molecular flexibility index (Phi) is 9.05. The number of furan rings is 1. The van der Waals surface area contributed by atoms with Gasteiger partial charge in [0, 0.05) is 40.8 Å². The summed E-state index contributed by atoms with van der Waals surface area (Å²) in [6.45, 7) is 11.7. The molecule has 58 heavy (non-hydrogen) atoms. The number of allylic oxidation sites excluding steroid dienone is 1. The predicted octanol–water partition coefficient (Wildman–Crippen LogP) is 3.83. The summed E-state index contributed by atoms with van der Waals surface area (Å²) in [5.74, 6) is -0.581. The smallest absolute Gasteiger partial charge is 0.339 e. The molecule has 17 unspecified atom stereocenters. The molecule has 3 saturated carbocycles. The van der Waals surface area contributed by atoms with Crippen molar-refractivity contribution in [1.82, 2.24) is 10.2 Å². The topological polar surface area (TPSA) is 181 Å². The Labute approximate surface area is 340 Å². The molecule has 0 aromatic carbocycles. The zero-order valence-corrected chi connectivity index (χ0v) is 34.6. The van der Waals surface area contributed by atoms with Crippen molar-refractivity contribution in [3.05, 3.63) is 35.9 Å². The summed E-state index contributed by atoms with van der Waals surface area (Å²) in [5, 5.41) is 37.9. The van der Waals surface area contributed by atoms with Gasteiger partial charge in [0.15, 0.2) is 11.9 Å². The average Bonchev–Trinajstić information content (AvgIpc) is 3.44. The zero-order valence-electron chi connectivity index (χ0n) is 34.6. The average molecular weight is 807 g/mol. The maximum absolute atomic E-state index is 15.0. The largest absolute Gasteiger partial charge is 0.469 e. The highest BCUT2D eigenvalue weighted by atomic mass is 16.7. The van der Waals surface area contributed by atoms with Crippen molar-refractivity contribution in [1.29, 1.82) is 0 Å². The monoisotopic (exact) mass is 806 g/mol. The highest BCUT2D eigenvalue weighted by molar-refractivity contribution is 5.92. The van der Waals surface area contributed by atoms with Crippen LogP contribution in [0.2, 0.25) is 0 Å². The molecule has 1 aromatic heterocycles. The van der Waals surface area contributed by atoms with Gasteiger partial charge in [-0.15, -0.1) is 0 Å². The number of ether oxygens (including phenoxy) is 4. The molecule has 6 aliphatic heterocycles. The van der Waals surface area contributed by atoms with Crippen LogP contribution in [0.1, 0.15) is 103 Å². The molecule has 8 fully saturated rings. The summed E-state index contributed by atoms with van der Waals surface area (Å²) < 4.78 is 32.1. The van der Waals surface area contributed by atoms with Gasteiger partial charge in [-0.05, 0) is 99.6 Å². The standard InChI is InChI=1S/C45H62N2O11/c1-23(2)8-13-42(4)36-35(51)37(52)43(5)32(44(36)21-55-34(50)18-33(44)57-42)9-12-41(3)38(56-40(53)39-45(41,43)58-39)27-11-15-54-31(27)17-28(30(49)20-48)24-6-7-26-25(16-24)10-14-47-22-46-19-29(26)47/h10-11,14-15,23-26,28-30,32-33,36-39,46,48-49,52H,6-9,12-13,16-22H2,1-5H3. The fraction of sp³-hybridized carbons (Fsp3) is 0.800. The molecule has 5 saturated heterocycles. The number of rotatable bonds is 9. The van der Waals surface area contributed by atoms with Crippen LogP contribution in [0, 0.1) is 57.7 Å². The molecule has 2 spiro atoms. The Bertz CT molecular complexity index is 1880. The van der Waals surface area contributed by atoms with Crippen LogP contribution in [0.15, 0.2) is 29.0 Å². The number of hydrogen-bond acceptors (Lipinski definition) is 13. The number of carbonyl (C=O) groups excluding carboxylic acids is 3.